The first-order chi connectivity index (χ1) is 14.5. The number of aryl methyl sites for hydroxylation is 1. The predicted octanol–water partition coefficient (Wildman–Crippen LogP) is 4.81. The van der Waals surface area contributed by atoms with Crippen LogP contribution in [-0.4, -0.2) is 30.6 Å². The van der Waals surface area contributed by atoms with E-state index < -0.39 is 5.91 Å². The van der Waals surface area contributed by atoms with Crippen molar-refractivity contribution in [1.82, 2.24) is 24.7 Å². The Labute approximate surface area is 188 Å². The van der Waals surface area contributed by atoms with Crippen LogP contribution in [0.2, 0.25) is 4.34 Å². The summed E-state index contributed by atoms with van der Waals surface area (Å²) >= 11 is 9.52. The SMILES string of the molecule is Cn1cnnc1Sc1ccc(Sc2ccc(F)cc2)c(C(=O)Nc2n[c]c(Cl)s2)n1. The molecule has 1 aromatic carbocycles. The van der Waals surface area contributed by atoms with Crippen LogP contribution in [0.25, 0.3) is 0 Å². The largest absolute Gasteiger partial charge is 0.311 e. The summed E-state index contributed by atoms with van der Waals surface area (Å²) in [6.45, 7) is 0. The molecule has 3 heterocycles. The number of amides is 1. The molecule has 0 saturated heterocycles. The van der Waals surface area contributed by atoms with Crippen molar-refractivity contribution in [3.63, 3.8) is 0 Å². The van der Waals surface area contributed by atoms with Gasteiger partial charge >= 0.3 is 0 Å². The first-order valence-corrected chi connectivity index (χ1v) is 11.1. The van der Waals surface area contributed by atoms with Crippen LogP contribution in [0, 0.1) is 12.0 Å². The van der Waals surface area contributed by atoms with Gasteiger partial charge in [0.15, 0.2) is 10.3 Å². The minimum atomic E-state index is -0.445. The summed E-state index contributed by atoms with van der Waals surface area (Å²) in [7, 11) is 1.82. The molecule has 151 valence electrons. The lowest BCUT2D eigenvalue weighted by atomic mass is 10.3. The number of nitrogens with one attached hydrogen (secondary N) is 1. The van der Waals surface area contributed by atoms with Crippen molar-refractivity contribution in [2.45, 2.75) is 20.0 Å². The Balaban J connectivity index is 1.65. The van der Waals surface area contributed by atoms with Gasteiger partial charge < -0.3 is 4.57 Å². The van der Waals surface area contributed by atoms with E-state index in [9.17, 15) is 9.18 Å². The molecule has 1 N–H and O–H groups in total. The number of hydrogen-bond acceptors (Lipinski definition) is 8. The fourth-order valence-electron chi connectivity index (χ4n) is 2.25. The zero-order valence-corrected chi connectivity index (χ0v) is 18.4. The number of thiazole rings is 1. The van der Waals surface area contributed by atoms with E-state index in [0.717, 1.165) is 16.2 Å². The van der Waals surface area contributed by atoms with Gasteiger partial charge in [0.1, 0.15) is 33.4 Å². The highest BCUT2D eigenvalue weighted by atomic mass is 35.5. The lowest BCUT2D eigenvalue weighted by Crippen LogP contribution is -2.15. The number of carbonyl (C=O) groups is 1. The summed E-state index contributed by atoms with van der Waals surface area (Å²) in [6.07, 6.45) is 4.15. The molecule has 1 radical (unpaired) electrons. The molecule has 4 aromatic rings. The maximum absolute atomic E-state index is 13.2. The third-order valence-corrected chi connectivity index (χ3v) is 6.63. The predicted molar refractivity (Wildman–Crippen MR) is 114 cm³/mol. The van der Waals surface area contributed by atoms with Crippen molar-refractivity contribution in [2.75, 3.05) is 5.32 Å². The second-order valence-corrected chi connectivity index (χ2v) is 9.44. The molecule has 7 nitrogen and oxygen atoms in total. The number of anilines is 1. The minimum Gasteiger partial charge on any atom is -0.311 e. The molecule has 0 atom stereocenters. The minimum absolute atomic E-state index is 0.197. The van der Waals surface area contributed by atoms with E-state index in [1.165, 1.54) is 35.7 Å². The molecule has 12 heteroatoms. The third-order valence-electron chi connectivity index (χ3n) is 3.61. The van der Waals surface area contributed by atoms with Gasteiger partial charge in [-0.15, -0.1) is 10.2 Å². The Morgan fingerprint density at radius 1 is 1.23 bits per heavy atom. The zero-order valence-electron chi connectivity index (χ0n) is 15.2. The Bertz CT molecular complexity index is 1200. The summed E-state index contributed by atoms with van der Waals surface area (Å²) in [4.78, 5) is 22.7. The molecule has 0 aliphatic carbocycles. The maximum Gasteiger partial charge on any atom is 0.277 e. The van der Waals surface area contributed by atoms with E-state index in [0.29, 0.717) is 24.5 Å². The Hall–Kier alpha value is -2.47. The van der Waals surface area contributed by atoms with Crippen LogP contribution in [0.4, 0.5) is 9.52 Å². The lowest BCUT2D eigenvalue weighted by molar-refractivity contribution is 0.101. The summed E-state index contributed by atoms with van der Waals surface area (Å²) in [6, 6.07) is 9.58. The molecule has 0 aliphatic heterocycles. The molecular weight excluding hydrogens is 467 g/mol. The fourth-order valence-corrected chi connectivity index (χ4v) is 4.65. The number of pyridine rings is 1. The molecule has 0 bridgehead atoms. The van der Waals surface area contributed by atoms with E-state index in [-0.39, 0.29) is 11.5 Å². The average Bonchev–Trinajstić information content (AvgIpc) is 3.32. The van der Waals surface area contributed by atoms with Gasteiger partial charge in [-0.1, -0.05) is 34.7 Å². The molecule has 4 rings (SSSR count). The van der Waals surface area contributed by atoms with Crippen LogP contribution in [-0.2, 0) is 7.05 Å². The Morgan fingerprint density at radius 3 is 2.70 bits per heavy atom. The number of rotatable bonds is 6. The highest BCUT2D eigenvalue weighted by Gasteiger charge is 2.18. The summed E-state index contributed by atoms with van der Waals surface area (Å²) in [5, 5.41) is 12.1. The molecule has 3 aromatic heterocycles. The number of nitrogens with zero attached hydrogens (tertiary/aromatic N) is 5. The highest BCUT2D eigenvalue weighted by molar-refractivity contribution is 7.99. The number of carbonyl (C=O) groups excluding carboxylic acids is 1. The molecule has 0 unspecified atom stereocenters. The summed E-state index contributed by atoms with van der Waals surface area (Å²) < 4.78 is 15.3. The number of aromatic nitrogens is 5. The first kappa shape index (κ1) is 20.8. The number of halogens is 2. The third kappa shape index (κ3) is 4.98. The smallest absolute Gasteiger partial charge is 0.277 e. The molecule has 0 aliphatic rings. The van der Waals surface area contributed by atoms with Crippen LogP contribution in [0.15, 0.2) is 62.7 Å². The number of benzene rings is 1. The quantitative estimate of drug-likeness (QED) is 0.426. The molecule has 0 fully saturated rings. The van der Waals surface area contributed by atoms with Crippen molar-refractivity contribution >= 4 is 57.5 Å². The fraction of sp³-hybridized carbons (Fsp3) is 0.0556. The van der Waals surface area contributed by atoms with E-state index in [4.69, 9.17) is 11.6 Å². The van der Waals surface area contributed by atoms with Crippen molar-refractivity contribution in [3.8, 4) is 0 Å². The van der Waals surface area contributed by atoms with Crippen molar-refractivity contribution < 1.29 is 9.18 Å². The van der Waals surface area contributed by atoms with Crippen LogP contribution in [0.1, 0.15) is 10.5 Å². The molecular formula is C18H11ClFN6OS3. The van der Waals surface area contributed by atoms with E-state index >= 15 is 0 Å². The van der Waals surface area contributed by atoms with Gasteiger partial charge in [-0.3, -0.25) is 10.1 Å². The average molecular weight is 478 g/mol. The molecule has 1 amide bonds. The highest BCUT2D eigenvalue weighted by Crippen LogP contribution is 2.33. The Kier molecular flexibility index (Phi) is 6.32. The Morgan fingerprint density at radius 2 is 2.03 bits per heavy atom. The van der Waals surface area contributed by atoms with Crippen LogP contribution >= 0.6 is 46.5 Å². The van der Waals surface area contributed by atoms with Crippen molar-refractivity contribution in [3.05, 3.63) is 64.8 Å². The standard InChI is InChI=1S/C18H11ClFN6OS3/c1-26-9-22-25-18(26)30-14-7-6-12(28-11-4-2-10(20)3-5-11)15(23-14)16(27)24-17-21-8-13(19)29-17/h2-7,9H,1H3,(H,21,24,27). The van der Waals surface area contributed by atoms with Crippen LogP contribution in [0.5, 0.6) is 0 Å². The second-order valence-electron chi connectivity index (χ2n) is 5.74. The van der Waals surface area contributed by atoms with Gasteiger partial charge in [0.05, 0.1) is 0 Å². The lowest BCUT2D eigenvalue weighted by Gasteiger charge is -2.10. The maximum atomic E-state index is 13.2. The van der Waals surface area contributed by atoms with Crippen LogP contribution in [0.3, 0.4) is 0 Å². The van der Waals surface area contributed by atoms with Crippen molar-refractivity contribution in [1.29, 1.82) is 0 Å². The van der Waals surface area contributed by atoms with Gasteiger partial charge in [-0.25, -0.2) is 14.4 Å². The van der Waals surface area contributed by atoms with E-state index in [1.54, 1.807) is 35.2 Å². The van der Waals surface area contributed by atoms with Gasteiger partial charge in [-0.2, -0.15) is 0 Å². The van der Waals surface area contributed by atoms with Gasteiger partial charge in [0, 0.05) is 16.8 Å². The summed E-state index contributed by atoms with van der Waals surface area (Å²) in [5.74, 6) is -0.776. The second kappa shape index (κ2) is 9.13. The summed E-state index contributed by atoms with van der Waals surface area (Å²) in [5.41, 5.74) is 0.197. The molecule has 0 saturated carbocycles. The topological polar surface area (TPSA) is 85.6 Å². The van der Waals surface area contributed by atoms with E-state index in [2.05, 4.69) is 31.7 Å². The van der Waals surface area contributed by atoms with Gasteiger partial charge in [-0.05, 0) is 48.2 Å². The molecule has 0 spiro atoms. The van der Waals surface area contributed by atoms with Crippen molar-refractivity contribution in [2.24, 2.45) is 7.05 Å². The van der Waals surface area contributed by atoms with Gasteiger partial charge in [0.2, 0.25) is 0 Å². The van der Waals surface area contributed by atoms with Crippen LogP contribution < -0.4 is 5.32 Å². The van der Waals surface area contributed by atoms with Gasteiger partial charge in [0.25, 0.3) is 5.91 Å². The number of hydrogen-bond donors (Lipinski definition) is 1. The monoisotopic (exact) mass is 477 g/mol. The first-order valence-electron chi connectivity index (χ1n) is 8.29. The normalized spacial score (nSPS) is 10.9. The van der Waals surface area contributed by atoms with E-state index in [1.807, 2.05) is 7.05 Å². The molecule has 30 heavy (non-hydrogen) atoms. The zero-order chi connectivity index (χ0) is 21.1.